The summed E-state index contributed by atoms with van der Waals surface area (Å²) in [6, 6.07) is -0.608. The summed E-state index contributed by atoms with van der Waals surface area (Å²) in [5, 5.41) is 8.06. The fourth-order valence-electron chi connectivity index (χ4n) is 3.93. The third kappa shape index (κ3) is 8.12. The Morgan fingerprint density at radius 3 is 2.24 bits per heavy atom. The van der Waals surface area contributed by atoms with E-state index in [0.717, 1.165) is 56.7 Å². The van der Waals surface area contributed by atoms with Crippen molar-refractivity contribution in [2.24, 2.45) is 5.92 Å². The van der Waals surface area contributed by atoms with Gasteiger partial charge >= 0.3 is 5.97 Å². The molecule has 0 radical (unpaired) electrons. The summed E-state index contributed by atoms with van der Waals surface area (Å²) >= 11 is 1.05. The molecule has 0 aliphatic heterocycles. The lowest BCUT2D eigenvalue weighted by Crippen LogP contribution is -2.47. The number of aromatic nitrogens is 2. The van der Waals surface area contributed by atoms with Crippen molar-refractivity contribution >= 4 is 29.9 Å². The molecule has 0 bridgehead atoms. The van der Waals surface area contributed by atoms with Crippen LogP contribution in [0.2, 0.25) is 0 Å². The second-order valence-corrected chi connectivity index (χ2v) is 12.3. The zero-order valence-electron chi connectivity index (χ0n) is 21.1. The predicted octanol–water partition coefficient (Wildman–Crippen LogP) is 5.06. The number of nitrogens with zero attached hydrogens (tertiary/aromatic N) is 3. The van der Waals surface area contributed by atoms with E-state index in [-0.39, 0.29) is 28.9 Å². The van der Waals surface area contributed by atoms with Crippen molar-refractivity contribution < 1.29 is 23.5 Å². The highest BCUT2D eigenvalue weighted by molar-refractivity contribution is 8.01. The summed E-state index contributed by atoms with van der Waals surface area (Å²) in [5.41, 5.74) is -0.620. The van der Waals surface area contributed by atoms with Gasteiger partial charge in [0.15, 0.2) is 0 Å². The van der Waals surface area contributed by atoms with E-state index in [1.807, 2.05) is 13.8 Å². The van der Waals surface area contributed by atoms with Gasteiger partial charge in [0.2, 0.25) is 12.2 Å². The summed E-state index contributed by atoms with van der Waals surface area (Å²) in [5.74, 6) is -0.697. The van der Waals surface area contributed by atoms with Crippen LogP contribution >= 0.6 is 11.8 Å². The van der Waals surface area contributed by atoms with Gasteiger partial charge in [-0.15, -0.1) is 10.2 Å². The molecule has 0 aromatic carbocycles. The number of carbonyl (C=O) groups excluding carboxylic acids is 3. The van der Waals surface area contributed by atoms with Crippen molar-refractivity contribution in [1.82, 2.24) is 15.1 Å². The first-order valence-corrected chi connectivity index (χ1v) is 12.7. The van der Waals surface area contributed by atoms with Gasteiger partial charge in [0.05, 0.1) is 0 Å². The van der Waals surface area contributed by atoms with Gasteiger partial charge in [0.1, 0.15) is 16.4 Å². The molecule has 1 aliphatic rings. The quantitative estimate of drug-likeness (QED) is 0.150. The standard InChI is InChI=1S/C24H39N3O5S/c1-16(2)14-18(27(15-28)17-12-10-8-9-11-13-17)19(29)20-25-26-22(31-20)33-24(6,7)21(30)32-23(3,4)5/h15-18H,8-14H2,1-7H3. The van der Waals surface area contributed by atoms with E-state index in [0.29, 0.717) is 6.42 Å². The fraction of sp³-hybridized carbons (Fsp3) is 0.792. The van der Waals surface area contributed by atoms with Crippen LogP contribution in [0.3, 0.4) is 0 Å². The molecule has 8 nitrogen and oxygen atoms in total. The van der Waals surface area contributed by atoms with Crippen LogP contribution < -0.4 is 0 Å². The maximum absolute atomic E-state index is 13.4. The van der Waals surface area contributed by atoms with Crippen molar-refractivity contribution in [2.45, 2.75) is 121 Å². The van der Waals surface area contributed by atoms with Crippen LogP contribution in [0.15, 0.2) is 9.64 Å². The molecule has 1 saturated carbocycles. The van der Waals surface area contributed by atoms with E-state index in [1.54, 1.807) is 39.5 Å². The Bertz CT molecular complexity index is 807. The van der Waals surface area contributed by atoms with E-state index in [2.05, 4.69) is 10.2 Å². The minimum absolute atomic E-state index is 0.0422. The number of carbonyl (C=O) groups is 3. The highest BCUT2D eigenvalue weighted by Crippen LogP contribution is 2.34. The molecule has 1 aromatic rings. The van der Waals surface area contributed by atoms with Crippen LogP contribution in [0.4, 0.5) is 0 Å². The summed E-state index contributed by atoms with van der Waals surface area (Å²) in [6.45, 7) is 12.9. The molecule has 9 heteroatoms. The molecule has 1 aromatic heterocycles. The molecule has 1 fully saturated rings. The molecule has 0 N–H and O–H groups in total. The lowest BCUT2D eigenvalue weighted by atomic mass is 9.95. The molecule has 1 heterocycles. The summed E-state index contributed by atoms with van der Waals surface area (Å²) in [4.78, 5) is 39.7. The van der Waals surface area contributed by atoms with E-state index >= 15 is 0 Å². The van der Waals surface area contributed by atoms with Crippen molar-refractivity contribution in [1.29, 1.82) is 0 Å². The van der Waals surface area contributed by atoms with E-state index in [4.69, 9.17) is 9.15 Å². The molecule has 1 aliphatic carbocycles. The van der Waals surface area contributed by atoms with Gasteiger partial charge in [-0.2, -0.15) is 0 Å². The van der Waals surface area contributed by atoms with Gasteiger partial charge in [-0.25, -0.2) is 0 Å². The third-order valence-corrected chi connectivity index (χ3v) is 6.59. The van der Waals surface area contributed by atoms with Crippen LogP contribution in [0, 0.1) is 5.92 Å². The number of esters is 1. The van der Waals surface area contributed by atoms with Gasteiger partial charge in [-0.05, 0) is 71.6 Å². The Labute approximate surface area is 201 Å². The first-order valence-electron chi connectivity index (χ1n) is 11.9. The first-order chi connectivity index (χ1) is 15.3. The normalized spacial score (nSPS) is 16.8. The first kappa shape index (κ1) is 27.3. The molecule has 33 heavy (non-hydrogen) atoms. The monoisotopic (exact) mass is 481 g/mol. The van der Waals surface area contributed by atoms with E-state index in [9.17, 15) is 14.4 Å². The van der Waals surface area contributed by atoms with Gasteiger partial charge in [0, 0.05) is 6.04 Å². The molecule has 1 amide bonds. The molecule has 2 rings (SSSR count). The van der Waals surface area contributed by atoms with Gasteiger partial charge in [-0.3, -0.25) is 14.4 Å². The van der Waals surface area contributed by atoms with Crippen LogP contribution in [0.1, 0.15) is 104 Å². The minimum atomic E-state index is -0.980. The second kappa shape index (κ2) is 11.5. The number of amides is 1. The Morgan fingerprint density at radius 1 is 1.12 bits per heavy atom. The van der Waals surface area contributed by atoms with E-state index < -0.39 is 22.4 Å². The average Bonchev–Trinajstić information content (AvgIpc) is 2.98. The Hall–Kier alpha value is -1.90. The van der Waals surface area contributed by atoms with Crippen molar-refractivity contribution in [2.75, 3.05) is 0 Å². The van der Waals surface area contributed by atoms with Crippen LogP contribution in [0.5, 0.6) is 0 Å². The number of hydrogen-bond donors (Lipinski definition) is 0. The predicted molar refractivity (Wildman–Crippen MR) is 127 cm³/mol. The number of ketones is 1. The fourth-order valence-corrected chi connectivity index (χ4v) is 4.70. The maximum atomic E-state index is 13.4. The maximum Gasteiger partial charge on any atom is 0.322 e. The highest BCUT2D eigenvalue weighted by atomic mass is 32.2. The molecule has 186 valence electrons. The van der Waals surface area contributed by atoms with Gasteiger partial charge in [-0.1, -0.05) is 39.5 Å². The molecular weight excluding hydrogens is 442 g/mol. The van der Waals surface area contributed by atoms with Crippen LogP contribution in [0.25, 0.3) is 0 Å². The zero-order chi connectivity index (χ0) is 24.8. The van der Waals surface area contributed by atoms with Crippen LogP contribution in [-0.4, -0.2) is 55.7 Å². The second-order valence-electron chi connectivity index (χ2n) is 10.7. The average molecular weight is 482 g/mol. The third-order valence-electron chi connectivity index (χ3n) is 5.58. The largest absolute Gasteiger partial charge is 0.459 e. The number of ether oxygens (including phenoxy) is 1. The van der Waals surface area contributed by atoms with Crippen molar-refractivity contribution in [3.63, 3.8) is 0 Å². The minimum Gasteiger partial charge on any atom is -0.459 e. The van der Waals surface area contributed by atoms with Crippen molar-refractivity contribution in [3.8, 4) is 0 Å². The number of thioether (sulfide) groups is 1. The van der Waals surface area contributed by atoms with Gasteiger partial charge in [0.25, 0.3) is 11.1 Å². The smallest absolute Gasteiger partial charge is 0.322 e. The summed E-state index contributed by atoms with van der Waals surface area (Å²) in [7, 11) is 0. The molecule has 0 spiro atoms. The highest BCUT2D eigenvalue weighted by Gasteiger charge is 2.38. The number of Topliss-reactive ketones (excluding diaryl/α,β-unsaturated/α-hetero) is 1. The SMILES string of the molecule is CC(C)CC(C(=O)c1nnc(SC(C)(C)C(=O)OC(C)(C)C)o1)N(C=O)C1CCCCCC1. The molecule has 0 saturated heterocycles. The number of rotatable bonds is 10. The summed E-state index contributed by atoms with van der Waals surface area (Å²) in [6.07, 6.45) is 7.54. The molecular formula is C24H39N3O5S. The van der Waals surface area contributed by atoms with Crippen LogP contribution in [-0.2, 0) is 14.3 Å². The Balaban J connectivity index is 2.21. The van der Waals surface area contributed by atoms with Crippen molar-refractivity contribution in [3.05, 3.63) is 5.89 Å². The Kier molecular flexibility index (Phi) is 9.52. The zero-order valence-corrected chi connectivity index (χ0v) is 21.9. The molecule has 1 unspecified atom stereocenters. The topological polar surface area (TPSA) is 103 Å². The van der Waals surface area contributed by atoms with E-state index in [1.165, 1.54) is 0 Å². The molecule has 1 atom stereocenters. The summed E-state index contributed by atoms with van der Waals surface area (Å²) < 4.78 is 10.2. The number of hydrogen-bond acceptors (Lipinski definition) is 8. The lowest BCUT2D eigenvalue weighted by Gasteiger charge is -2.34. The van der Waals surface area contributed by atoms with Gasteiger partial charge < -0.3 is 14.1 Å². The lowest BCUT2D eigenvalue weighted by molar-refractivity contribution is -0.156. The Morgan fingerprint density at radius 2 is 1.73 bits per heavy atom.